The van der Waals surface area contributed by atoms with Crippen LogP contribution in [0.15, 0.2) is 45.3 Å². The van der Waals surface area contributed by atoms with Crippen molar-refractivity contribution in [1.82, 2.24) is 14.0 Å². The molecule has 2 aromatic heterocycles. The maximum absolute atomic E-state index is 13.2. The molecule has 0 N–H and O–H groups in total. The van der Waals surface area contributed by atoms with Crippen molar-refractivity contribution in [2.75, 3.05) is 20.2 Å². The van der Waals surface area contributed by atoms with Crippen LogP contribution in [0.25, 0.3) is 10.2 Å². The molecule has 158 valence electrons. The molecule has 0 unspecified atom stereocenters. The van der Waals surface area contributed by atoms with Gasteiger partial charge in [0.2, 0.25) is 5.91 Å². The first-order chi connectivity index (χ1) is 14.6. The number of piperidine rings is 1. The summed E-state index contributed by atoms with van der Waals surface area (Å²) >= 11 is 1.32. The Morgan fingerprint density at radius 2 is 1.90 bits per heavy atom. The summed E-state index contributed by atoms with van der Waals surface area (Å²) in [4.78, 5) is 40.5. The molecule has 1 aromatic carbocycles. The first kappa shape index (κ1) is 20.4. The molecule has 30 heavy (non-hydrogen) atoms. The molecule has 0 bridgehead atoms. The zero-order chi connectivity index (χ0) is 21.1. The highest BCUT2D eigenvalue weighted by atomic mass is 32.1. The molecular formula is C22H25N3O4S. The van der Waals surface area contributed by atoms with Gasteiger partial charge in [0.1, 0.15) is 10.4 Å². The number of rotatable bonds is 6. The summed E-state index contributed by atoms with van der Waals surface area (Å²) in [5, 5.41) is 1.82. The molecule has 1 saturated heterocycles. The van der Waals surface area contributed by atoms with Gasteiger partial charge < -0.3 is 9.64 Å². The van der Waals surface area contributed by atoms with E-state index in [0.29, 0.717) is 22.5 Å². The molecule has 0 saturated carbocycles. The van der Waals surface area contributed by atoms with Crippen molar-refractivity contribution in [2.24, 2.45) is 0 Å². The third-order valence-electron chi connectivity index (χ3n) is 5.57. The molecule has 8 heteroatoms. The molecule has 1 aliphatic rings. The van der Waals surface area contributed by atoms with E-state index in [2.05, 4.69) is 0 Å². The molecule has 0 aliphatic carbocycles. The van der Waals surface area contributed by atoms with E-state index in [1.165, 1.54) is 15.9 Å². The molecule has 4 rings (SSSR count). The maximum atomic E-state index is 13.2. The molecule has 7 nitrogen and oxygen atoms in total. The molecule has 3 aromatic rings. The third-order valence-corrected chi connectivity index (χ3v) is 6.46. The number of carbonyl (C=O) groups excluding carboxylic acids is 1. The van der Waals surface area contributed by atoms with Crippen LogP contribution in [-0.2, 0) is 17.9 Å². The van der Waals surface area contributed by atoms with Crippen LogP contribution in [0.5, 0.6) is 5.75 Å². The number of aromatic nitrogens is 2. The summed E-state index contributed by atoms with van der Waals surface area (Å²) in [6.07, 6.45) is 3.33. The minimum atomic E-state index is -0.389. The monoisotopic (exact) mass is 427 g/mol. The zero-order valence-electron chi connectivity index (χ0n) is 17.0. The maximum Gasteiger partial charge on any atom is 0.331 e. The summed E-state index contributed by atoms with van der Waals surface area (Å²) in [7, 11) is 1.60. The molecule has 0 atom stereocenters. The van der Waals surface area contributed by atoms with Gasteiger partial charge in [-0.1, -0.05) is 12.1 Å². The highest BCUT2D eigenvalue weighted by Gasteiger charge is 2.19. The van der Waals surface area contributed by atoms with Crippen LogP contribution in [0.2, 0.25) is 0 Å². The van der Waals surface area contributed by atoms with Crippen LogP contribution in [0.3, 0.4) is 0 Å². The summed E-state index contributed by atoms with van der Waals surface area (Å²) < 4.78 is 8.62. The van der Waals surface area contributed by atoms with Crippen molar-refractivity contribution in [3.63, 3.8) is 0 Å². The normalized spacial score (nSPS) is 14.2. The quantitative estimate of drug-likeness (QED) is 0.606. The minimum Gasteiger partial charge on any atom is -0.497 e. The van der Waals surface area contributed by atoms with Crippen molar-refractivity contribution in [3.8, 4) is 5.75 Å². The fourth-order valence-corrected chi connectivity index (χ4v) is 4.79. The van der Waals surface area contributed by atoms with Crippen molar-refractivity contribution in [1.29, 1.82) is 0 Å². The van der Waals surface area contributed by atoms with Crippen molar-refractivity contribution < 1.29 is 9.53 Å². The van der Waals surface area contributed by atoms with E-state index in [1.54, 1.807) is 17.7 Å². The molecule has 1 amide bonds. The number of benzene rings is 1. The van der Waals surface area contributed by atoms with E-state index in [4.69, 9.17) is 4.74 Å². The number of methoxy groups -OCH3 is 1. The zero-order valence-corrected chi connectivity index (χ0v) is 17.8. The van der Waals surface area contributed by atoms with Gasteiger partial charge >= 0.3 is 5.69 Å². The number of thiophene rings is 1. The molecular weight excluding hydrogens is 402 g/mol. The Hall–Kier alpha value is -2.87. The summed E-state index contributed by atoms with van der Waals surface area (Å²) in [5.74, 6) is 0.717. The lowest BCUT2D eigenvalue weighted by atomic mass is 10.1. The van der Waals surface area contributed by atoms with Gasteiger partial charge in [0.05, 0.1) is 19.2 Å². The van der Waals surface area contributed by atoms with Crippen molar-refractivity contribution in [3.05, 3.63) is 62.1 Å². The Balaban J connectivity index is 1.65. The van der Waals surface area contributed by atoms with Crippen LogP contribution < -0.4 is 16.0 Å². The van der Waals surface area contributed by atoms with Crippen LogP contribution in [0, 0.1) is 0 Å². The van der Waals surface area contributed by atoms with Gasteiger partial charge in [-0.2, -0.15) is 0 Å². The summed E-state index contributed by atoms with van der Waals surface area (Å²) in [5.41, 5.74) is 0.813. The fourth-order valence-electron chi connectivity index (χ4n) is 3.95. The first-order valence-corrected chi connectivity index (χ1v) is 11.1. The smallest absolute Gasteiger partial charge is 0.331 e. The van der Waals surface area contributed by atoms with Gasteiger partial charge in [0.15, 0.2) is 0 Å². The number of amides is 1. The molecule has 1 fully saturated rings. The van der Waals surface area contributed by atoms with E-state index in [0.717, 1.165) is 37.9 Å². The lowest BCUT2D eigenvalue weighted by Crippen LogP contribution is -2.42. The van der Waals surface area contributed by atoms with E-state index in [-0.39, 0.29) is 30.1 Å². The number of ether oxygens (including phenoxy) is 1. The highest BCUT2D eigenvalue weighted by Crippen LogP contribution is 2.18. The standard InChI is InChI=1S/C22H25N3O4S/c1-29-17-7-5-6-16(14-17)15-25-18-9-13-30-20(18)21(27)24(22(25)28)12-8-19(26)23-10-3-2-4-11-23/h5-7,9,13-14H,2-4,8,10-12,15H2,1H3. The number of carbonyl (C=O) groups is 1. The molecule has 1 aliphatic heterocycles. The van der Waals surface area contributed by atoms with Crippen LogP contribution in [-0.4, -0.2) is 40.1 Å². The Morgan fingerprint density at radius 3 is 2.67 bits per heavy atom. The SMILES string of the molecule is COc1cccc(Cn2c(=O)n(CCC(=O)N3CCCCC3)c(=O)c3sccc32)c1. The van der Waals surface area contributed by atoms with Crippen molar-refractivity contribution >= 4 is 27.5 Å². The Bertz CT molecular complexity index is 1170. The van der Waals surface area contributed by atoms with Crippen LogP contribution in [0.4, 0.5) is 0 Å². The average molecular weight is 428 g/mol. The third kappa shape index (κ3) is 4.05. The Morgan fingerprint density at radius 1 is 1.10 bits per heavy atom. The molecule has 0 spiro atoms. The fraction of sp³-hybridized carbons (Fsp3) is 0.409. The van der Waals surface area contributed by atoms with E-state index in [1.807, 2.05) is 34.5 Å². The largest absolute Gasteiger partial charge is 0.497 e. The van der Waals surface area contributed by atoms with Gasteiger partial charge in [-0.15, -0.1) is 11.3 Å². The average Bonchev–Trinajstić information content (AvgIpc) is 3.27. The number of fused-ring (bicyclic) bond motifs is 1. The van der Waals surface area contributed by atoms with Gasteiger partial charge in [0.25, 0.3) is 5.56 Å². The van der Waals surface area contributed by atoms with Crippen LogP contribution >= 0.6 is 11.3 Å². The highest BCUT2D eigenvalue weighted by molar-refractivity contribution is 7.17. The number of hydrogen-bond donors (Lipinski definition) is 0. The molecule has 0 radical (unpaired) electrons. The molecule has 3 heterocycles. The number of likely N-dealkylation sites (tertiary alicyclic amines) is 1. The van der Waals surface area contributed by atoms with E-state index in [9.17, 15) is 14.4 Å². The van der Waals surface area contributed by atoms with Crippen molar-refractivity contribution in [2.45, 2.75) is 38.8 Å². The van der Waals surface area contributed by atoms with Crippen LogP contribution in [0.1, 0.15) is 31.2 Å². The van der Waals surface area contributed by atoms with Gasteiger partial charge in [-0.3, -0.25) is 18.7 Å². The Kier molecular flexibility index (Phi) is 6.03. The number of nitrogens with zero attached hydrogens (tertiary/aromatic N) is 3. The van der Waals surface area contributed by atoms with E-state index >= 15 is 0 Å². The van der Waals surface area contributed by atoms with Gasteiger partial charge in [-0.25, -0.2) is 4.79 Å². The summed E-state index contributed by atoms with van der Waals surface area (Å²) in [6, 6.07) is 9.31. The topological polar surface area (TPSA) is 73.5 Å². The Labute approximate surface area is 178 Å². The predicted octanol–water partition coefficient (Wildman–Crippen LogP) is 2.68. The second-order valence-corrected chi connectivity index (χ2v) is 8.42. The van der Waals surface area contributed by atoms with Gasteiger partial charge in [-0.05, 0) is 48.4 Å². The summed E-state index contributed by atoms with van der Waals surface area (Å²) in [6.45, 7) is 1.94. The number of hydrogen-bond acceptors (Lipinski definition) is 5. The van der Waals surface area contributed by atoms with E-state index < -0.39 is 0 Å². The predicted molar refractivity (Wildman–Crippen MR) is 117 cm³/mol. The minimum absolute atomic E-state index is 0.00613. The lowest BCUT2D eigenvalue weighted by Gasteiger charge is -2.26. The first-order valence-electron chi connectivity index (χ1n) is 10.2. The lowest BCUT2D eigenvalue weighted by molar-refractivity contribution is -0.132. The second kappa shape index (κ2) is 8.87. The second-order valence-electron chi connectivity index (χ2n) is 7.50. The van der Waals surface area contributed by atoms with Gasteiger partial charge in [0, 0.05) is 26.1 Å².